The first-order valence-electron chi connectivity index (χ1n) is 10.5. The molecule has 2 heterocycles. The van der Waals surface area contributed by atoms with Crippen molar-refractivity contribution in [3.63, 3.8) is 0 Å². The van der Waals surface area contributed by atoms with Gasteiger partial charge in [-0.25, -0.2) is 4.99 Å². The maximum Gasteiger partial charge on any atom is 0.217 e. The fourth-order valence-electron chi connectivity index (χ4n) is 3.99. The van der Waals surface area contributed by atoms with Crippen molar-refractivity contribution in [3.8, 4) is 5.75 Å². The summed E-state index contributed by atoms with van der Waals surface area (Å²) in [4.78, 5) is 7.27. The Hall–Kier alpha value is -2.33. The Morgan fingerprint density at radius 2 is 1.75 bits per heavy atom. The number of rotatable bonds is 7. The Labute approximate surface area is 168 Å². The van der Waals surface area contributed by atoms with Crippen molar-refractivity contribution in [2.45, 2.75) is 44.8 Å². The molecule has 2 aliphatic heterocycles. The van der Waals surface area contributed by atoms with Crippen molar-refractivity contribution < 1.29 is 9.47 Å². The first-order chi connectivity index (χ1) is 13.8. The van der Waals surface area contributed by atoms with Gasteiger partial charge < -0.3 is 14.4 Å². The van der Waals surface area contributed by atoms with E-state index in [0.717, 1.165) is 36.8 Å². The second kappa shape index (κ2) is 9.24. The zero-order valence-electron chi connectivity index (χ0n) is 16.7. The Balaban J connectivity index is 1.27. The smallest absolute Gasteiger partial charge is 0.217 e. The van der Waals surface area contributed by atoms with Crippen molar-refractivity contribution in [1.82, 2.24) is 4.90 Å². The highest BCUT2D eigenvalue weighted by Crippen LogP contribution is 2.31. The van der Waals surface area contributed by atoms with Crippen LogP contribution < -0.4 is 4.74 Å². The summed E-state index contributed by atoms with van der Waals surface area (Å²) in [5.41, 5.74) is 2.17. The van der Waals surface area contributed by atoms with Gasteiger partial charge in [-0.1, -0.05) is 36.8 Å². The Morgan fingerprint density at radius 3 is 2.50 bits per heavy atom. The molecule has 1 fully saturated rings. The predicted octanol–water partition coefficient (Wildman–Crippen LogP) is 4.85. The van der Waals surface area contributed by atoms with E-state index in [1.807, 2.05) is 42.5 Å². The maximum atomic E-state index is 6.16. The Bertz CT molecular complexity index is 767. The molecule has 0 spiro atoms. The molecule has 2 aliphatic rings. The third kappa shape index (κ3) is 4.74. The number of aliphatic imine (C=N–C) groups is 1. The molecule has 0 amide bonds. The third-order valence-electron chi connectivity index (χ3n) is 5.56. The van der Waals surface area contributed by atoms with E-state index in [4.69, 9.17) is 14.5 Å². The van der Waals surface area contributed by atoms with E-state index in [1.54, 1.807) is 0 Å². The summed E-state index contributed by atoms with van der Waals surface area (Å²) >= 11 is 0. The molecule has 0 saturated carbocycles. The SMILES string of the molecule is CC1N=C(c2ccc(OCCCN3CCCCC3)cc2)OC1c1ccccc1. The number of ether oxygens (including phenoxy) is 2. The quantitative estimate of drug-likeness (QED) is 0.646. The van der Waals surface area contributed by atoms with Crippen LogP contribution >= 0.6 is 0 Å². The largest absolute Gasteiger partial charge is 0.494 e. The molecule has 28 heavy (non-hydrogen) atoms. The van der Waals surface area contributed by atoms with Crippen LogP contribution in [0.1, 0.15) is 49.8 Å². The molecule has 4 heteroatoms. The molecule has 2 aromatic carbocycles. The summed E-state index contributed by atoms with van der Waals surface area (Å²) in [5, 5.41) is 0. The van der Waals surface area contributed by atoms with Crippen LogP contribution in [0.5, 0.6) is 5.75 Å². The predicted molar refractivity (Wildman–Crippen MR) is 113 cm³/mol. The molecule has 0 N–H and O–H groups in total. The molecule has 148 valence electrons. The van der Waals surface area contributed by atoms with Crippen molar-refractivity contribution in [2.24, 2.45) is 4.99 Å². The number of hydrogen-bond donors (Lipinski definition) is 0. The summed E-state index contributed by atoms with van der Waals surface area (Å²) in [6.07, 6.45) is 5.14. The number of hydrogen-bond acceptors (Lipinski definition) is 4. The lowest BCUT2D eigenvalue weighted by Crippen LogP contribution is -2.31. The van der Waals surface area contributed by atoms with Crippen LogP contribution in [0.3, 0.4) is 0 Å². The van der Waals surface area contributed by atoms with Crippen molar-refractivity contribution in [2.75, 3.05) is 26.2 Å². The second-order valence-corrected chi connectivity index (χ2v) is 7.75. The van der Waals surface area contributed by atoms with Gasteiger partial charge in [0.1, 0.15) is 11.9 Å². The molecule has 2 aromatic rings. The van der Waals surface area contributed by atoms with E-state index in [-0.39, 0.29) is 12.1 Å². The summed E-state index contributed by atoms with van der Waals surface area (Å²) in [6.45, 7) is 6.50. The van der Waals surface area contributed by atoms with Crippen LogP contribution in [0.25, 0.3) is 0 Å². The van der Waals surface area contributed by atoms with Crippen LogP contribution in [0.2, 0.25) is 0 Å². The van der Waals surface area contributed by atoms with Gasteiger partial charge in [-0.05, 0) is 69.1 Å². The van der Waals surface area contributed by atoms with Gasteiger partial charge in [0.15, 0.2) is 0 Å². The molecule has 2 atom stereocenters. The minimum absolute atomic E-state index is 0.0121. The highest BCUT2D eigenvalue weighted by atomic mass is 16.5. The van der Waals surface area contributed by atoms with Crippen molar-refractivity contribution >= 4 is 5.90 Å². The number of benzene rings is 2. The molecular formula is C24H30N2O2. The zero-order valence-corrected chi connectivity index (χ0v) is 16.7. The standard InChI is InChI=1S/C24H30N2O2/c1-19-23(20-9-4-2-5-10-20)28-24(25-19)21-11-13-22(14-12-21)27-18-8-17-26-15-6-3-7-16-26/h2,4-5,9-14,19,23H,3,6-8,15-18H2,1H3. The van der Waals surface area contributed by atoms with Gasteiger partial charge in [-0.2, -0.15) is 0 Å². The first-order valence-corrected chi connectivity index (χ1v) is 10.5. The van der Waals surface area contributed by atoms with Gasteiger partial charge in [0.2, 0.25) is 5.90 Å². The summed E-state index contributed by atoms with van der Waals surface area (Å²) in [5.74, 6) is 1.63. The number of likely N-dealkylation sites (tertiary alicyclic amines) is 1. The van der Waals surface area contributed by atoms with Gasteiger partial charge >= 0.3 is 0 Å². The average molecular weight is 379 g/mol. The first kappa shape index (κ1) is 19.0. The highest BCUT2D eigenvalue weighted by Gasteiger charge is 2.29. The summed E-state index contributed by atoms with van der Waals surface area (Å²) in [7, 11) is 0. The summed E-state index contributed by atoms with van der Waals surface area (Å²) in [6, 6.07) is 18.5. The number of piperidine rings is 1. The molecule has 0 bridgehead atoms. The average Bonchev–Trinajstić information content (AvgIpc) is 3.15. The van der Waals surface area contributed by atoms with Gasteiger partial charge in [0, 0.05) is 12.1 Å². The van der Waals surface area contributed by atoms with E-state index in [1.165, 1.54) is 37.9 Å². The normalized spacial score (nSPS) is 22.5. The van der Waals surface area contributed by atoms with Crippen LogP contribution in [0.4, 0.5) is 0 Å². The van der Waals surface area contributed by atoms with Crippen LogP contribution in [-0.2, 0) is 4.74 Å². The molecule has 2 unspecified atom stereocenters. The van der Waals surface area contributed by atoms with E-state index in [0.29, 0.717) is 0 Å². The lowest BCUT2D eigenvalue weighted by molar-refractivity contribution is 0.202. The highest BCUT2D eigenvalue weighted by molar-refractivity contribution is 5.95. The van der Waals surface area contributed by atoms with Crippen LogP contribution in [-0.4, -0.2) is 43.1 Å². The third-order valence-corrected chi connectivity index (χ3v) is 5.56. The van der Waals surface area contributed by atoms with E-state index < -0.39 is 0 Å². The minimum Gasteiger partial charge on any atom is -0.494 e. The lowest BCUT2D eigenvalue weighted by atomic mass is 10.0. The van der Waals surface area contributed by atoms with Crippen LogP contribution in [0.15, 0.2) is 59.6 Å². The lowest BCUT2D eigenvalue weighted by Gasteiger charge is -2.26. The van der Waals surface area contributed by atoms with E-state index in [9.17, 15) is 0 Å². The Morgan fingerprint density at radius 1 is 1.00 bits per heavy atom. The topological polar surface area (TPSA) is 34.1 Å². The van der Waals surface area contributed by atoms with Crippen molar-refractivity contribution in [1.29, 1.82) is 0 Å². The zero-order chi connectivity index (χ0) is 19.2. The van der Waals surface area contributed by atoms with Gasteiger partial charge in [0.25, 0.3) is 0 Å². The van der Waals surface area contributed by atoms with Crippen LogP contribution in [0, 0.1) is 0 Å². The van der Waals surface area contributed by atoms with Crippen molar-refractivity contribution in [3.05, 3.63) is 65.7 Å². The molecule has 4 nitrogen and oxygen atoms in total. The van der Waals surface area contributed by atoms with Gasteiger partial charge in [-0.15, -0.1) is 0 Å². The monoisotopic (exact) mass is 378 g/mol. The van der Waals surface area contributed by atoms with E-state index in [2.05, 4.69) is 24.0 Å². The molecule has 4 rings (SSSR count). The fraction of sp³-hybridized carbons (Fsp3) is 0.458. The molecule has 0 radical (unpaired) electrons. The molecule has 0 aromatic heterocycles. The van der Waals surface area contributed by atoms with Gasteiger partial charge in [-0.3, -0.25) is 0 Å². The molecule has 1 saturated heterocycles. The maximum absolute atomic E-state index is 6.16. The van der Waals surface area contributed by atoms with Gasteiger partial charge in [0.05, 0.1) is 12.6 Å². The minimum atomic E-state index is -0.0121. The Kier molecular flexibility index (Phi) is 6.27. The van der Waals surface area contributed by atoms with E-state index >= 15 is 0 Å². The molecule has 0 aliphatic carbocycles. The second-order valence-electron chi connectivity index (χ2n) is 7.75. The fourth-order valence-corrected chi connectivity index (χ4v) is 3.99. The molecular weight excluding hydrogens is 348 g/mol. The summed E-state index contributed by atoms with van der Waals surface area (Å²) < 4.78 is 12.1. The number of nitrogens with zero attached hydrogens (tertiary/aromatic N) is 2.